The topological polar surface area (TPSA) is 191 Å². The Balaban J connectivity index is 2.08. The summed E-state index contributed by atoms with van der Waals surface area (Å²) in [5, 5.41) is 44.2. The van der Waals surface area contributed by atoms with E-state index < -0.39 is 42.4 Å². The van der Waals surface area contributed by atoms with E-state index in [0.717, 1.165) is 24.3 Å². The van der Waals surface area contributed by atoms with Crippen molar-refractivity contribution in [2.24, 2.45) is 0 Å². The van der Waals surface area contributed by atoms with Gasteiger partial charge in [-0.05, 0) is 13.8 Å². The minimum absolute atomic E-state index is 0.0840. The zero-order valence-corrected chi connectivity index (χ0v) is 16.3. The first-order valence-corrected chi connectivity index (χ1v) is 8.65. The summed E-state index contributed by atoms with van der Waals surface area (Å²) in [4.78, 5) is 41.1. The molecule has 14 nitrogen and oxygen atoms in total. The maximum absolute atomic E-state index is 11.2. The van der Waals surface area contributed by atoms with Gasteiger partial charge in [0.1, 0.15) is 0 Å². The number of nitrogens with zero attached hydrogens (tertiary/aromatic N) is 4. The number of ether oxygens (including phenoxy) is 2. The molecule has 0 N–H and O–H groups in total. The lowest BCUT2D eigenvalue weighted by molar-refractivity contribution is -0.395. The molecule has 0 spiro atoms. The van der Waals surface area contributed by atoms with Gasteiger partial charge in [-0.15, -0.1) is 0 Å². The summed E-state index contributed by atoms with van der Waals surface area (Å²) < 4.78 is 10.8. The van der Waals surface area contributed by atoms with Crippen LogP contribution in [0.2, 0.25) is 0 Å². The second-order valence-corrected chi connectivity index (χ2v) is 6.30. The van der Waals surface area contributed by atoms with Crippen molar-refractivity contribution < 1.29 is 29.2 Å². The third-order valence-corrected chi connectivity index (χ3v) is 4.08. The molecule has 0 amide bonds. The molecule has 14 heteroatoms. The summed E-state index contributed by atoms with van der Waals surface area (Å²) in [6, 6.07) is 3.87. The molecular weight excluding hydrogens is 420 g/mol. The van der Waals surface area contributed by atoms with Gasteiger partial charge >= 0.3 is 11.4 Å². The first-order chi connectivity index (χ1) is 14.5. The van der Waals surface area contributed by atoms with Gasteiger partial charge in [0.05, 0.1) is 45.0 Å². The van der Waals surface area contributed by atoms with Gasteiger partial charge in [0.15, 0.2) is 0 Å². The average molecular weight is 436 g/mol. The molecule has 0 heterocycles. The Morgan fingerprint density at radius 3 is 1.29 bits per heavy atom. The minimum Gasteiger partial charge on any atom is -0.486 e. The summed E-state index contributed by atoms with van der Waals surface area (Å²) in [6.07, 6.45) is 0.154. The highest BCUT2D eigenvalue weighted by molar-refractivity contribution is 5.59. The summed E-state index contributed by atoms with van der Waals surface area (Å²) >= 11 is 0. The van der Waals surface area contributed by atoms with Crippen LogP contribution < -0.4 is 9.47 Å². The smallest absolute Gasteiger partial charge is 0.318 e. The van der Waals surface area contributed by atoms with Crippen molar-refractivity contribution in [2.45, 2.75) is 20.3 Å². The van der Waals surface area contributed by atoms with Crippen molar-refractivity contribution in [3.63, 3.8) is 0 Å². The Kier molecular flexibility index (Phi) is 6.97. The van der Waals surface area contributed by atoms with Crippen molar-refractivity contribution in [1.29, 1.82) is 0 Å². The van der Waals surface area contributed by atoms with Gasteiger partial charge < -0.3 is 9.47 Å². The Bertz CT molecular complexity index is 986. The van der Waals surface area contributed by atoms with Crippen molar-refractivity contribution in [3.05, 3.63) is 75.8 Å². The van der Waals surface area contributed by atoms with E-state index in [0.29, 0.717) is 0 Å². The Hall–Kier alpha value is -4.36. The fraction of sp³-hybridized carbons (Fsp3) is 0.294. The minimum atomic E-state index is -0.796. The number of non-ortho nitro benzene ring substituents is 2. The summed E-state index contributed by atoms with van der Waals surface area (Å²) in [5.41, 5.74) is -1.61. The molecule has 0 unspecified atom stereocenters. The SMILES string of the molecule is Cc1cc([N+](=O)[O-])cc([N+](=O)[O-])c1OCCCOc1c(C)cc([N+](=O)[O-])cc1[N+](=O)[O-]. The zero-order chi connectivity index (χ0) is 23.3. The fourth-order valence-electron chi connectivity index (χ4n) is 2.74. The van der Waals surface area contributed by atoms with Gasteiger partial charge in [0.2, 0.25) is 11.5 Å². The Morgan fingerprint density at radius 1 is 0.645 bits per heavy atom. The Labute approximate surface area is 173 Å². The van der Waals surface area contributed by atoms with Gasteiger partial charge in [0.25, 0.3) is 11.4 Å². The molecule has 0 fully saturated rings. The lowest BCUT2D eigenvalue weighted by Crippen LogP contribution is -2.09. The molecule has 2 aromatic carbocycles. The molecular formula is C17H16N4O10. The predicted molar refractivity (Wildman–Crippen MR) is 105 cm³/mol. The predicted octanol–water partition coefficient (Wildman–Crippen LogP) is 3.78. The first-order valence-electron chi connectivity index (χ1n) is 8.65. The van der Waals surface area contributed by atoms with E-state index in [9.17, 15) is 40.5 Å². The third kappa shape index (κ3) is 5.37. The van der Waals surface area contributed by atoms with Crippen LogP contribution in [0.4, 0.5) is 22.7 Å². The number of benzene rings is 2. The number of nitro benzene ring substituents is 4. The molecule has 0 saturated carbocycles. The van der Waals surface area contributed by atoms with Crippen LogP contribution in [0.25, 0.3) is 0 Å². The highest BCUT2D eigenvalue weighted by Crippen LogP contribution is 2.36. The molecule has 0 radical (unpaired) electrons. The van der Waals surface area contributed by atoms with E-state index in [-0.39, 0.29) is 42.3 Å². The van der Waals surface area contributed by atoms with Crippen LogP contribution in [-0.2, 0) is 0 Å². The monoisotopic (exact) mass is 436 g/mol. The molecule has 0 aliphatic heterocycles. The normalized spacial score (nSPS) is 10.4. The van der Waals surface area contributed by atoms with E-state index in [1.165, 1.54) is 13.8 Å². The summed E-state index contributed by atoms with van der Waals surface area (Å²) in [6.45, 7) is 2.68. The zero-order valence-electron chi connectivity index (χ0n) is 16.3. The van der Waals surface area contributed by atoms with Crippen LogP contribution in [0.15, 0.2) is 24.3 Å². The highest BCUT2D eigenvalue weighted by atomic mass is 16.6. The van der Waals surface area contributed by atoms with Crippen LogP contribution in [0.1, 0.15) is 17.5 Å². The third-order valence-electron chi connectivity index (χ3n) is 4.08. The lowest BCUT2D eigenvalue weighted by atomic mass is 10.1. The van der Waals surface area contributed by atoms with Crippen LogP contribution in [0.5, 0.6) is 11.5 Å². The molecule has 2 aromatic rings. The highest BCUT2D eigenvalue weighted by Gasteiger charge is 2.25. The van der Waals surface area contributed by atoms with Crippen molar-refractivity contribution >= 4 is 22.7 Å². The number of hydrogen-bond donors (Lipinski definition) is 0. The standard InChI is InChI=1S/C17H16N4O10/c1-10-6-12(18(22)23)8-14(20(26)27)16(10)30-4-3-5-31-17-11(2)7-13(19(24)25)9-15(17)21(28)29/h6-9H,3-5H2,1-2H3. The van der Waals surface area contributed by atoms with E-state index in [4.69, 9.17) is 9.47 Å². The average Bonchev–Trinajstić information content (AvgIpc) is 2.68. The molecule has 164 valence electrons. The maximum Gasteiger partial charge on any atom is 0.318 e. The van der Waals surface area contributed by atoms with E-state index in [1.807, 2.05) is 0 Å². The lowest BCUT2D eigenvalue weighted by Gasteiger charge is -2.11. The largest absolute Gasteiger partial charge is 0.486 e. The molecule has 2 rings (SSSR count). The summed E-state index contributed by atoms with van der Waals surface area (Å²) in [5.74, 6) is -0.263. The molecule has 0 bridgehead atoms. The van der Waals surface area contributed by atoms with Crippen LogP contribution in [0, 0.1) is 54.3 Å². The van der Waals surface area contributed by atoms with Gasteiger partial charge in [-0.25, -0.2) is 0 Å². The maximum atomic E-state index is 11.2. The number of rotatable bonds is 10. The molecule has 31 heavy (non-hydrogen) atoms. The second-order valence-electron chi connectivity index (χ2n) is 6.30. The Morgan fingerprint density at radius 2 is 1.00 bits per heavy atom. The van der Waals surface area contributed by atoms with Crippen molar-refractivity contribution in [1.82, 2.24) is 0 Å². The van der Waals surface area contributed by atoms with Crippen LogP contribution >= 0.6 is 0 Å². The second kappa shape index (κ2) is 9.43. The van der Waals surface area contributed by atoms with Gasteiger partial charge in [-0.1, -0.05) is 0 Å². The molecule has 0 aliphatic rings. The van der Waals surface area contributed by atoms with Crippen LogP contribution in [-0.4, -0.2) is 32.9 Å². The number of aryl methyl sites for hydroxylation is 2. The van der Waals surface area contributed by atoms with Crippen LogP contribution in [0.3, 0.4) is 0 Å². The van der Waals surface area contributed by atoms with E-state index >= 15 is 0 Å². The van der Waals surface area contributed by atoms with E-state index in [2.05, 4.69) is 0 Å². The van der Waals surface area contributed by atoms with Crippen molar-refractivity contribution in [3.8, 4) is 11.5 Å². The van der Waals surface area contributed by atoms with Crippen molar-refractivity contribution in [2.75, 3.05) is 13.2 Å². The quantitative estimate of drug-likeness (QED) is 0.300. The fourth-order valence-corrected chi connectivity index (χ4v) is 2.74. The molecule has 0 aliphatic carbocycles. The van der Waals surface area contributed by atoms with Gasteiger partial charge in [-0.2, -0.15) is 0 Å². The van der Waals surface area contributed by atoms with Gasteiger partial charge in [0, 0.05) is 29.7 Å². The molecule has 0 aromatic heterocycles. The number of nitro groups is 4. The first kappa shape index (κ1) is 22.9. The van der Waals surface area contributed by atoms with E-state index in [1.54, 1.807) is 0 Å². The van der Waals surface area contributed by atoms with Gasteiger partial charge in [-0.3, -0.25) is 40.5 Å². The molecule has 0 atom stereocenters. The summed E-state index contributed by atoms with van der Waals surface area (Å²) in [7, 11) is 0. The molecule has 0 saturated heterocycles. The number of hydrogen-bond acceptors (Lipinski definition) is 10.